The lowest BCUT2D eigenvalue weighted by atomic mass is 10.1. The number of methoxy groups -OCH3 is 1. The summed E-state index contributed by atoms with van der Waals surface area (Å²) in [6.45, 7) is 5.26. The van der Waals surface area contributed by atoms with Crippen molar-refractivity contribution in [2.24, 2.45) is 0 Å². The van der Waals surface area contributed by atoms with Crippen molar-refractivity contribution in [3.05, 3.63) is 77.6 Å². The minimum Gasteiger partial charge on any atom is -0.496 e. The van der Waals surface area contributed by atoms with E-state index in [9.17, 15) is 0 Å². The lowest BCUT2D eigenvalue weighted by Gasteiger charge is -2.33. The largest absolute Gasteiger partial charge is 0.496 e. The number of aryl methyl sites for hydroxylation is 1. The van der Waals surface area contributed by atoms with Gasteiger partial charge in [-0.15, -0.1) is 0 Å². The predicted molar refractivity (Wildman–Crippen MR) is 113 cm³/mol. The van der Waals surface area contributed by atoms with E-state index in [-0.39, 0.29) is 6.10 Å². The topological polar surface area (TPSA) is 59.5 Å². The zero-order valence-corrected chi connectivity index (χ0v) is 16.8. The quantitative estimate of drug-likeness (QED) is 0.684. The predicted octanol–water partition coefficient (Wildman–Crippen LogP) is 4.11. The Morgan fingerprint density at radius 1 is 1.14 bits per heavy atom. The Bertz CT molecular complexity index is 949. The molecule has 1 aliphatic rings. The Kier molecular flexibility index (Phi) is 6.03. The van der Waals surface area contributed by atoms with Gasteiger partial charge in [-0.05, 0) is 42.8 Å². The normalized spacial score (nSPS) is 17.1. The minimum absolute atomic E-state index is 0.0642. The molecule has 6 heteroatoms. The first kappa shape index (κ1) is 19.4. The fraction of sp³-hybridized carbons (Fsp3) is 0.304. The summed E-state index contributed by atoms with van der Waals surface area (Å²) in [5.41, 5.74) is 3.32. The second kappa shape index (κ2) is 9.03. The summed E-state index contributed by atoms with van der Waals surface area (Å²) in [6, 6.07) is 18.1. The molecule has 0 aliphatic carbocycles. The van der Waals surface area contributed by atoms with Crippen LogP contribution in [0.4, 0.5) is 11.6 Å². The fourth-order valence-electron chi connectivity index (χ4n) is 3.52. The maximum absolute atomic E-state index is 6.03. The standard InChI is InChI=1S/C23H26N4O2/c1-17-9-10-18(20(14-17)28-2)15-27-12-13-29-21(16-27)19-6-5-8-23(25-19)26-22-7-3-4-11-24-22/h3-11,14,21H,12-13,15-16H2,1-2H3,(H,24,25,26)/t21-/m0/s1. The van der Waals surface area contributed by atoms with Gasteiger partial charge in [-0.1, -0.05) is 24.3 Å². The minimum atomic E-state index is -0.0642. The van der Waals surface area contributed by atoms with Crippen molar-refractivity contribution in [1.29, 1.82) is 0 Å². The van der Waals surface area contributed by atoms with Crippen LogP contribution in [0.25, 0.3) is 0 Å². The third kappa shape index (κ3) is 4.91. The molecule has 1 aliphatic heterocycles. The van der Waals surface area contributed by atoms with Gasteiger partial charge in [0, 0.05) is 31.4 Å². The zero-order valence-electron chi connectivity index (χ0n) is 16.8. The van der Waals surface area contributed by atoms with Gasteiger partial charge in [0.1, 0.15) is 23.5 Å². The zero-order chi connectivity index (χ0) is 20.1. The number of rotatable bonds is 6. The summed E-state index contributed by atoms with van der Waals surface area (Å²) < 4.78 is 11.6. The summed E-state index contributed by atoms with van der Waals surface area (Å²) in [4.78, 5) is 11.4. The van der Waals surface area contributed by atoms with Crippen LogP contribution in [0.5, 0.6) is 5.75 Å². The average Bonchev–Trinajstić information content (AvgIpc) is 2.76. The molecule has 6 nitrogen and oxygen atoms in total. The Morgan fingerprint density at radius 3 is 2.86 bits per heavy atom. The highest BCUT2D eigenvalue weighted by molar-refractivity contribution is 5.51. The summed E-state index contributed by atoms with van der Waals surface area (Å²) in [7, 11) is 1.73. The molecule has 0 amide bonds. The maximum Gasteiger partial charge on any atom is 0.131 e. The van der Waals surface area contributed by atoms with Crippen LogP contribution in [-0.4, -0.2) is 41.7 Å². The molecule has 1 aromatic carbocycles. The first-order valence-corrected chi connectivity index (χ1v) is 9.84. The van der Waals surface area contributed by atoms with Gasteiger partial charge in [0.2, 0.25) is 0 Å². The number of hydrogen-bond donors (Lipinski definition) is 1. The van der Waals surface area contributed by atoms with Crippen molar-refractivity contribution < 1.29 is 9.47 Å². The molecule has 1 fully saturated rings. The molecule has 0 bridgehead atoms. The van der Waals surface area contributed by atoms with Gasteiger partial charge in [-0.3, -0.25) is 4.90 Å². The van der Waals surface area contributed by atoms with Crippen LogP contribution in [0.15, 0.2) is 60.8 Å². The molecule has 0 spiro atoms. The van der Waals surface area contributed by atoms with Crippen LogP contribution < -0.4 is 10.1 Å². The molecule has 0 unspecified atom stereocenters. The number of nitrogens with zero attached hydrogens (tertiary/aromatic N) is 3. The Labute approximate surface area is 171 Å². The Morgan fingerprint density at radius 2 is 2.03 bits per heavy atom. The van der Waals surface area contributed by atoms with E-state index in [0.29, 0.717) is 6.61 Å². The van der Waals surface area contributed by atoms with Crippen molar-refractivity contribution in [3.8, 4) is 5.75 Å². The third-order valence-corrected chi connectivity index (χ3v) is 5.01. The number of nitrogens with one attached hydrogen (secondary N) is 1. The first-order chi connectivity index (χ1) is 14.2. The van der Waals surface area contributed by atoms with Gasteiger partial charge < -0.3 is 14.8 Å². The van der Waals surface area contributed by atoms with Crippen molar-refractivity contribution in [2.45, 2.75) is 19.6 Å². The molecule has 29 heavy (non-hydrogen) atoms. The molecule has 1 saturated heterocycles. The number of aromatic nitrogens is 2. The van der Waals surface area contributed by atoms with E-state index in [4.69, 9.17) is 14.5 Å². The van der Waals surface area contributed by atoms with Gasteiger partial charge in [-0.2, -0.15) is 0 Å². The number of benzene rings is 1. The molecule has 0 radical (unpaired) electrons. The number of morpholine rings is 1. The van der Waals surface area contributed by atoms with Crippen molar-refractivity contribution in [1.82, 2.24) is 14.9 Å². The first-order valence-electron chi connectivity index (χ1n) is 9.84. The molecule has 4 rings (SSSR count). The molecule has 1 N–H and O–H groups in total. The smallest absolute Gasteiger partial charge is 0.131 e. The highest BCUT2D eigenvalue weighted by Gasteiger charge is 2.24. The van der Waals surface area contributed by atoms with Crippen LogP contribution >= 0.6 is 0 Å². The summed E-state index contributed by atoms with van der Waals surface area (Å²) in [5, 5.41) is 3.25. The molecule has 1 atom stereocenters. The van der Waals surface area contributed by atoms with E-state index in [1.54, 1.807) is 13.3 Å². The summed E-state index contributed by atoms with van der Waals surface area (Å²) in [6.07, 6.45) is 1.69. The van der Waals surface area contributed by atoms with Gasteiger partial charge in [0.05, 0.1) is 19.4 Å². The highest BCUT2D eigenvalue weighted by Crippen LogP contribution is 2.26. The molecule has 3 aromatic rings. The molecular formula is C23H26N4O2. The van der Waals surface area contributed by atoms with Gasteiger partial charge >= 0.3 is 0 Å². The van der Waals surface area contributed by atoms with Gasteiger partial charge in [0.25, 0.3) is 0 Å². The molecule has 0 saturated carbocycles. The second-order valence-electron chi connectivity index (χ2n) is 7.20. The monoisotopic (exact) mass is 390 g/mol. The molecule has 150 valence electrons. The van der Waals surface area contributed by atoms with Crippen molar-refractivity contribution in [3.63, 3.8) is 0 Å². The van der Waals surface area contributed by atoms with Crippen LogP contribution in [0, 0.1) is 6.92 Å². The average molecular weight is 390 g/mol. The van der Waals surface area contributed by atoms with E-state index in [1.807, 2.05) is 36.4 Å². The lowest BCUT2D eigenvalue weighted by Crippen LogP contribution is -2.38. The molecular weight excluding hydrogens is 364 g/mol. The van der Waals surface area contributed by atoms with Gasteiger partial charge in [-0.25, -0.2) is 9.97 Å². The van der Waals surface area contributed by atoms with Crippen LogP contribution in [0.1, 0.15) is 22.9 Å². The van der Waals surface area contributed by atoms with Crippen LogP contribution in [0.2, 0.25) is 0 Å². The van der Waals surface area contributed by atoms with Crippen LogP contribution in [0.3, 0.4) is 0 Å². The van der Waals surface area contributed by atoms with Crippen molar-refractivity contribution in [2.75, 3.05) is 32.1 Å². The number of ether oxygens (including phenoxy) is 2. The van der Waals surface area contributed by atoms with Gasteiger partial charge in [0.15, 0.2) is 0 Å². The summed E-state index contributed by atoms with van der Waals surface area (Å²) in [5.74, 6) is 2.48. The van der Waals surface area contributed by atoms with Crippen molar-refractivity contribution >= 4 is 11.6 Å². The van der Waals surface area contributed by atoms with E-state index in [1.165, 1.54) is 11.1 Å². The molecule has 2 aromatic heterocycles. The fourth-order valence-corrected chi connectivity index (χ4v) is 3.52. The SMILES string of the molecule is COc1cc(C)ccc1CN1CCO[C@H](c2cccc(Nc3ccccn3)n2)C1. The number of anilines is 2. The van der Waals surface area contributed by atoms with E-state index >= 15 is 0 Å². The Balaban J connectivity index is 1.45. The maximum atomic E-state index is 6.03. The van der Waals surface area contributed by atoms with E-state index in [0.717, 1.165) is 42.7 Å². The summed E-state index contributed by atoms with van der Waals surface area (Å²) >= 11 is 0. The molecule has 3 heterocycles. The van der Waals surface area contributed by atoms with Crippen LogP contribution in [-0.2, 0) is 11.3 Å². The lowest BCUT2D eigenvalue weighted by molar-refractivity contribution is -0.0350. The van der Waals surface area contributed by atoms with E-state index < -0.39 is 0 Å². The third-order valence-electron chi connectivity index (χ3n) is 5.01. The number of hydrogen-bond acceptors (Lipinski definition) is 6. The highest BCUT2D eigenvalue weighted by atomic mass is 16.5. The Hall–Kier alpha value is -2.96. The van der Waals surface area contributed by atoms with E-state index in [2.05, 4.69) is 40.3 Å². The number of pyridine rings is 2. The second-order valence-corrected chi connectivity index (χ2v) is 7.20.